The molecular formula is C23H27ClN2O2. The van der Waals surface area contributed by atoms with Crippen LogP contribution in [0.1, 0.15) is 48.4 Å². The van der Waals surface area contributed by atoms with Crippen molar-refractivity contribution in [1.29, 1.82) is 0 Å². The Hall–Kier alpha value is -2.33. The highest BCUT2D eigenvalue weighted by Crippen LogP contribution is 2.26. The highest BCUT2D eigenvalue weighted by atomic mass is 35.5. The summed E-state index contributed by atoms with van der Waals surface area (Å²) in [5.41, 5.74) is 2.87. The molecule has 1 saturated carbocycles. The maximum absolute atomic E-state index is 13.3. The minimum atomic E-state index is -0.701. The summed E-state index contributed by atoms with van der Waals surface area (Å²) in [6.45, 7) is 2.34. The van der Waals surface area contributed by atoms with E-state index in [0.29, 0.717) is 6.54 Å². The molecule has 1 atom stereocenters. The summed E-state index contributed by atoms with van der Waals surface area (Å²) in [5.74, 6) is -0.547. The van der Waals surface area contributed by atoms with Crippen molar-refractivity contribution in [2.45, 2.75) is 51.2 Å². The van der Waals surface area contributed by atoms with Crippen molar-refractivity contribution in [3.63, 3.8) is 0 Å². The fraction of sp³-hybridized carbons (Fsp3) is 0.391. The van der Waals surface area contributed by atoms with Crippen LogP contribution in [0, 0.1) is 6.92 Å². The smallest absolute Gasteiger partial charge is 0.247 e. The van der Waals surface area contributed by atoms with E-state index in [1.54, 1.807) is 4.90 Å². The van der Waals surface area contributed by atoms with Gasteiger partial charge >= 0.3 is 0 Å². The van der Waals surface area contributed by atoms with Crippen molar-refractivity contribution in [3.05, 3.63) is 71.3 Å². The zero-order chi connectivity index (χ0) is 19.9. The third-order valence-electron chi connectivity index (χ3n) is 5.29. The van der Waals surface area contributed by atoms with Gasteiger partial charge in [-0.1, -0.05) is 73.0 Å². The van der Waals surface area contributed by atoms with Crippen LogP contribution in [-0.2, 0) is 16.1 Å². The second-order valence-electron chi connectivity index (χ2n) is 7.44. The lowest BCUT2D eigenvalue weighted by molar-refractivity contribution is -0.140. The second kappa shape index (κ2) is 9.74. The van der Waals surface area contributed by atoms with E-state index in [9.17, 15) is 9.59 Å². The average Bonchev–Trinajstić information content (AvgIpc) is 3.22. The summed E-state index contributed by atoms with van der Waals surface area (Å²) in [4.78, 5) is 27.6. The van der Waals surface area contributed by atoms with E-state index >= 15 is 0 Å². The van der Waals surface area contributed by atoms with Crippen LogP contribution in [0.2, 0.25) is 0 Å². The zero-order valence-electron chi connectivity index (χ0n) is 16.2. The monoisotopic (exact) mass is 398 g/mol. The van der Waals surface area contributed by atoms with Crippen molar-refractivity contribution < 1.29 is 9.59 Å². The van der Waals surface area contributed by atoms with Crippen LogP contribution in [0.4, 0.5) is 0 Å². The second-order valence-corrected chi connectivity index (χ2v) is 7.71. The molecule has 2 aromatic carbocycles. The Bertz CT molecular complexity index is 786. The van der Waals surface area contributed by atoms with Gasteiger partial charge in [0.05, 0.1) is 0 Å². The third kappa shape index (κ3) is 5.14. The molecular weight excluding hydrogens is 372 g/mol. The van der Waals surface area contributed by atoms with Gasteiger partial charge in [0.2, 0.25) is 11.8 Å². The number of carbonyl (C=O) groups excluding carboxylic acids is 2. The molecule has 0 aliphatic heterocycles. The fourth-order valence-electron chi connectivity index (χ4n) is 3.75. The minimum absolute atomic E-state index is 0.134. The standard InChI is InChI=1S/C23H27ClN2O2/c1-17-11-13-19(14-12-17)22(23(28)25-20-9-5-6-10-20)26(21(27)15-24)16-18-7-3-2-4-8-18/h2-4,7-8,11-14,20,22H,5-6,9-10,15-16H2,1H3,(H,25,28)/t22-/m0/s1. The topological polar surface area (TPSA) is 49.4 Å². The Morgan fingerprint density at radius 3 is 2.32 bits per heavy atom. The van der Waals surface area contributed by atoms with E-state index in [1.165, 1.54) is 0 Å². The van der Waals surface area contributed by atoms with Crippen LogP contribution in [0.15, 0.2) is 54.6 Å². The van der Waals surface area contributed by atoms with Gasteiger partial charge in [-0.25, -0.2) is 0 Å². The van der Waals surface area contributed by atoms with Gasteiger partial charge in [0, 0.05) is 12.6 Å². The summed E-state index contributed by atoms with van der Waals surface area (Å²) in [7, 11) is 0. The quantitative estimate of drug-likeness (QED) is 0.704. The number of carbonyl (C=O) groups is 2. The fourth-order valence-corrected chi connectivity index (χ4v) is 3.91. The zero-order valence-corrected chi connectivity index (χ0v) is 17.0. The van der Waals surface area contributed by atoms with E-state index in [1.807, 2.05) is 61.5 Å². The molecule has 0 radical (unpaired) electrons. The first kappa shape index (κ1) is 20.4. The van der Waals surface area contributed by atoms with Gasteiger partial charge in [0.25, 0.3) is 0 Å². The molecule has 1 aliphatic carbocycles. The Labute approximate surface area is 171 Å². The molecule has 1 fully saturated rings. The molecule has 0 spiro atoms. The van der Waals surface area contributed by atoms with Crippen LogP contribution >= 0.6 is 11.6 Å². The summed E-state index contributed by atoms with van der Waals surface area (Å²) < 4.78 is 0. The molecule has 1 aliphatic rings. The molecule has 4 nitrogen and oxygen atoms in total. The molecule has 0 aromatic heterocycles. The Morgan fingerprint density at radius 2 is 1.71 bits per heavy atom. The lowest BCUT2D eigenvalue weighted by atomic mass is 10.0. The van der Waals surface area contributed by atoms with Gasteiger partial charge in [0.1, 0.15) is 11.9 Å². The van der Waals surface area contributed by atoms with Crippen molar-refractivity contribution in [1.82, 2.24) is 10.2 Å². The molecule has 2 aromatic rings. The minimum Gasteiger partial charge on any atom is -0.351 e. The van der Waals surface area contributed by atoms with Gasteiger partial charge in [-0.15, -0.1) is 11.6 Å². The summed E-state index contributed by atoms with van der Waals surface area (Å²) in [6.07, 6.45) is 4.26. The number of nitrogens with zero attached hydrogens (tertiary/aromatic N) is 1. The van der Waals surface area contributed by atoms with E-state index in [2.05, 4.69) is 5.32 Å². The molecule has 1 N–H and O–H groups in total. The maximum atomic E-state index is 13.3. The molecule has 3 rings (SSSR count). The number of halogens is 1. The number of nitrogens with one attached hydrogen (secondary N) is 1. The van der Waals surface area contributed by atoms with Crippen molar-refractivity contribution in [2.24, 2.45) is 0 Å². The maximum Gasteiger partial charge on any atom is 0.247 e. The number of hydrogen-bond donors (Lipinski definition) is 1. The molecule has 5 heteroatoms. The van der Waals surface area contributed by atoms with E-state index < -0.39 is 6.04 Å². The molecule has 2 amide bonds. The van der Waals surface area contributed by atoms with E-state index in [0.717, 1.165) is 42.4 Å². The van der Waals surface area contributed by atoms with Crippen molar-refractivity contribution in [2.75, 3.05) is 5.88 Å². The van der Waals surface area contributed by atoms with Crippen LogP contribution in [0.5, 0.6) is 0 Å². The van der Waals surface area contributed by atoms with Crippen LogP contribution in [-0.4, -0.2) is 28.6 Å². The molecule has 0 saturated heterocycles. The number of hydrogen-bond acceptors (Lipinski definition) is 2. The number of aryl methyl sites for hydroxylation is 1. The van der Waals surface area contributed by atoms with Gasteiger partial charge in [0.15, 0.2) is 0 Å². The Morgan fingerprint density at radius 1 is 1.07 bits per heavy atom. The first-order valence-corrected chi connectivity index (χ1v) is 10.4. The summed E-state index contributed by atoms with van der Waals surface area (Å²) >= 11 is 5.92. The third-order valence-corrected chi connectivity index (χ3v) is 5.51. The van der Waals surface area contributed by atoms with E-state index in [4.69, 9.17) is 11.6 Å². The van der Waals surface area contributed by atoms with Crippen LogP contribution in [0.25, 0.3) is 0 Å². The van der Waals surface area contributed by atoms with Crippen LogP contribution in [0.3, 0.4) is 0 Å². The molecule has 0 bridgehead atoms. The average molecular weight is 399 g/mol. The molecule has 28 heavy (non-hydrogen) atoms. The molecule has 148 valence electrons. The SMILES string of the molecule is Cc1ccc([C@@H](C(=O)NC2CCCC2)N(Cc2ccccc2)C(=O)CCl)cc1. The lowest BCUT2D eigenvalue weighted by Gasteiger charge is -2.32. The highest BCUT2D eigenvalue weighted by molar-refractivity contribution is 6.27. The van der Waals surface area contributed by atoms with Crippen molar-refractivity contribution >= 4 is 23.4 Å². The van der Waals surface area contributed by atoms with Gasteiger partial charge in [-0.05, 0) is 30.9 Å². The number of alkyl halides is 1. The van der Waals surface area contributed by atoms with Gasteiger partial charge in [-0.3, -0.25) is 9.59 Å². The van der Waals surface area contributed by atoms with Gasteiger partial charge < -0.3 is 10.2 Å². The van der Waals surface area contributed by atoms with Gasteiger partial charge in [-0.2, -0.15) is 0 Å². The Kier molecular flexibility index (Phi) is 7.10. The van der Waals surface area contributed by atoms with Crippen LogP contribution < -0.4 is 5.32 Å². The Balaban J connectivity index is 1.93. The first-order valence-electron chi connectivity index (χ1n) is 9.85. The highest BCUT2D eigenvalue weighted by Gasteiger charge is 2.32. The number of rotatable bonds is 7. The first-order chi connectivity index (χ1) is 13.6. The molecule has 0 heterocycles. The number of benzene rings is 2. The number of amides is 2. The van der Waals surface area contributed by atoms with E-state index in [-0.39, 0.29) is 23.7 Å². The summed E-state index contributed by atoms with van der Waals surface area (Å²) in [6, 6.07) is 17.0. The summed E-state index contributed by atoms with van der Waals surface area (Å²) in [5, 5.41) is 3.16. The lowest BCUT2D eigenvalue weighted by Crippen LogP contribution is -2.46. The predicted molar refractivity (Wildman–Crippen MR) is 112 cm³/mol. The molecule has 0 unspecified atom stereocenters. The van der Waals surface area contributed by atoms with Crippen molar-refractivity contribution in [3.8, 4) is 0 Å². The largest absolute Gasteiger partial charge is 0.351 e. The normalized spacial score (nSPS) is 15.2. The predicted octanol–water partition coefficient (Wildman–Crippen LogP) is 4.36.